The van der Waals surface area contributed by atoms with Crippen LogP contribution in [-0.2, 0) is 12.7 Å². The minimum absolute atomic E-state index is 0.0767. The molecule has 2 aliphatic heterocycles. The number of urea groups is 1. The molecule has 1 N–H and O–H groups in total. The largest absolute Gasteiger partial charge is 0.455 e. The van der Waals surface area contributed by atoms with Crippen molar-refractivity contribution in [3.63, 3.8) is 0 Å². The second-order valence-electron chi connectivity index (χ2n) is 5.10. The van der Waals surface area contributed by atoms with E-state index in [0.29, 0.717) is 19.6 Å². The molecule has 7 nitrogen and oxygen atoms in total. The van der Waals surface area contributed by atoms with E-state index in [1.54, 1.807) is 11.9 Å². The number of hydrogen-bond acceptors (Lipinski definition) is 5. The van der Waals surface area contributed by atoms with Gasteiger partial charge in [0.1, 0.15) is 0 Å². The standard InChI is InChI=1S/C10H12F3N5O2/c1-17-8(19)14-3-9(17)4-18(5-9)2-6-15-7(16-20-6)10(11,12)13/h2-5H2,1H3,(H,14,19). The number of likely N-dealkylation sites (tertiary alicyclic amines) is 1. The van der Waals surface area contributed by atoms with Crippen molar-refractivity contribution < 1.29 is 22.5 Å². The van der Waals surface area contributed by atoms with Gasteiger partial charge in [0.25, 0.3) is 5.82 Å². The van der Waals surface area contributed by atoms with E-state index in [9.17, 15) is 18.0 Å². The number of carbonyl (C=O) groups is 1. The van der Waals surface area contributed by atoms with E-state index in [0.717, 1.165) is 0 Å². The van der Waals surface area contributed by atoms with Gasteiger partial charge in [-0.2, -0.15) is 18.2 Å². The Morgan fingerprint density at radius 1 is 1.45 bits per heavy atom. The Balaban J connectivity index is 1.59. The van der Waals surface area contributed by atoms with Gasteiger partial charge in [0.2, 0.25) is 5.89 Å². The maximum atomic E-state index is 12.3. The first-order valence-electron chi connectivity index (χ1n) is 5.94. The molecular weight excluding hydrogens is 279 g/mol. The third kappa shape index (κ3) is 1.99. The number of nitrogens with zero attached hydrogens (tertiary/aromatic N) is 4. The molecule has 0 aromatic carbocycles. The number of hydrogen-bond donors (Lipinski definition) is 1. The predicted octanol–water partition coefficient (Wildman–Crippen LogP) is 0.298. The van der Waals surface area contributed by atoms with Gasteiger partial charge >= 0.3 is 12.2 Å². The van der Waals surface area contributed by atoms with E-state index in [1.165, 1.54) is 0 Å². The Bertz CT molecular complexity index is 537. The zero-order valence-electron chi connectivity index (χ0n) is 10.6. The molecule has 3 rings (SSSR count). The Labute approximate surface area is 111 Å². The van der Waals surface area contributed by atoms with Crippen molar-refractivity contribution in [2.45, 2.75) is 18.3 Å². The van der Waals surface area contributed by atoms with Crippen LogP contribution in [0.3, 0.4) is 0 Å². The van der Waals surface area contributed by atoms with Crippen LogP contribution in [0.5, 0.6) is 0 Å². The van der Waals surface area contributed by atoms with Crippen LogP contribution in [0.25, 0.3) is 0 Å². The second kappa shape index (κ2) is 4.08. The van der Waals surface area contributed by atoms with Gasteiger partial charge in [0.05, 0.1) is 12.1 Å². The summed E-state index contributed by atoms with van der Waals surface area (Å²) in [7, 11) is 1.70. The van der Waals surface area contributed by atoms with Crippen molar-refractivity contribution in [1.82, 2.24) is 25.3 Å². The van der Waals surface area contributed by atoms with Crippen molar-refractivity contribution in [2.75, 3.05) is 26.7 Å². The van der Waals surface area contributed by atoms with E-state index in [-0.39, 0.29) is 24.0 Å². The van der Waals surface area contributed by atoms with Crippen LogP contribution in [0.4, 0.5) is 18.0 Å². The maximum Gasteiger partial charge on any atom is 0.455 e. The molecule has 0 radical (unpaired) electrons. The molecule has 20 heavy (non-hydrogen) atoms. The van der Waals surface area contributed by atoms with Crippen molar-refractivity contribution >= 4 is 6.03 Å². The number of rotatable bonds is 2. The van der Waals surface area contributed by atoms with Crippen molar-refractivity contribution in [1.29, 1.82) is 0 Å². The first-order valence-corrected chi connectivity index (χ1v) is 5.94. The van der Waals surface area contributed by atoms with Crippen LogP contribution in [0.15, 0.2) is 4.52 Å². The van der Waals surface area contributed by atoms with Gasteiger partial charge in [-0.25, -0.2) is 4.79 Å². The first kappa shape index (κ1) is 13.2. The van der Waals surface area contributed by atoms with Gasteiger partial charge in [-0.3, -0.25) is 4.90 Å². The zero-order chi connectivity index (χ0) is 14.5. The fourth-order valence-corrected chi connectivity index (χ4v) is 2.54. The summed E-state index contributed by atoms with van der Waals surface area (Å²) in [6.07, 6.45) is -4.60. The summed E-state index contributed by atoms with van der Waals surface area (Å²) >= 11 is 0. The maximum absolute atomic E-state index is 12.3. The monoisotopic (exact) mass is 291 g/mol. The molecule has 1 spiro atoms. The molecule has 2 fully saturated rings. The lowest BCUT2D eigenvalue weighted by Crippen LogP contribution is -2.68. The first-order chi connectivity index (χ1) is 9.30. The highest BCUT2D eigenvalue weighted by Crippen LogP contribution is 2.31. The summed E-state index contributed by atoms with van der Waals surface area (Å²) < 4.78 is 41.5. The Morgan fingerprint density at radius 3 is 2.65 bits per heavy atom. The van der Waals surface area contributed by atoms with Crippen LogP contribution >= 0.6 is 0 Å². The van der Waals surface area contributed by atoms with E-state index in [1.807, 2.05) is 4.90 Å². The molecule has 0 aliphatic carbocycles. The highest BCUT2D eigenvalue weighted by atomic mass is 19.4. The molecule has 0 saturated carbocycles. The summed E-state index contributed by atoms with van der Waals surface area (Å²) in [6.45, 7) is 1.81. The van der Waals surface area contributed by atoms with Crippen LogP contribution in [0.1, 0.15) is 11.7 Å². The molecule has 3 heterocycles. The minimum atomic E-state index is -4.60. The highest BCUT2D eigenvalue weighted by Gasteiger charge is 2.52. The van der Waals surface area contributed by atoms with Gasteiger partial charge < -0.3 is 14.7 Å². The Morgan fingerprint density at radius 2 is 2.15 bits per heavy atom. The summed E-state index contributed by atoms with van der Waals surface area (Å²) in [5.74, 6) is -1.34. The van der Waals surface area contributed by atoms with Gasteiger partial charge in [0.15, 0.2) is 0 Å². The van der Waals surface area contributed by atoms with E-state index >= 15 is 0 Å². The predicted molar refractivity (Wildman–Crippen MR) is 58.5 cm³/mol. The normalized spacial score (nSPS) is 22.2. The molecule has 1 aromatic heterocycles. The number of nitrogens with one attached hydrogen (secondary N) is 1. The average molecular weight is 291 g/mol. The van der Waals surface area contributed by atoms with Crippen molar-refractivity contribution in [2.24, 2.45) is 0 Å². The molecule has 0 bridgehead atoms. The zero-order valence-corrected chi connectivity index (χ0v) is 10.6. The summed E-state index contributed by atoms with van der Waals surface area (Å²) in [6, 6.07) is -0.137. The van der Waals surface area contributed by atoms with Crippen LogP contribution in [-0.4, -0.2) is 58.2 Å². The lowest BCUT2D eigenvalue weighted by atomic mass is 9.89. The lowest BCUT2D eigenvalue weighted by Gasteiger charge is -2.50. The van der Waals surface area contributed by atoms with Gasteiger partial charge in [-0.05, 0) is 0 Å². The van der Waals surface area contributed by atoms with Gasteiger partial charge in [-0.15, -0.1) is 0 Å². The van der Waals surface area contributed by atoms with Crippen LogP contribution in [0.2, 0.25) is 0 Å². The molecule has 1 aromatic rings. The van der Waals surface area contributed by atoms with Crippen molar-refractivity contribution in [3.05, 3.63) is 11.7 Å². The quantitative estimate of drug-likeness (QED) is 0.848. The molecule has 2 saturated heterocycles. The summed E-state index contributed by atoms with van der Waals surface area (Å²) in [4.78, 5) is 18.2. The SMILES string of the molecule is CN1C(=O)NCC12CN(Cc1nc(C(F)(F)F)no1)C2. The number of alkyl halides is 3. The molecule has 0 atom stereocenters. The molecule has 110 valence electrons. The van der Waals surface area contributed by atoms with Gasteiger partial charge in [0, 0.05) is 26.7 Å². The molecule has 2 aliphatic rings. The second-order valence-corrected chi connectivity index (χ2v) is 5.10. The molecule has 10 heteroatoms. The topological polar surface area (TPSA) is 74.5 Å². The average Bonchev–Trinajstić information content (AvgIpc) is 2.88. The number of carbonyl (C=O) groups excluding carboxylic acids is 1. The third-order valence-electron chi connectivity index (χ3n) is 3.70. The van der Waals surface area contributed by atoms with Crippen LogP contribution < -0.4 is 5.32 Å². The van der Waals surface area contributed by atoms with E-state index < -0.39 is 12.0 Å². The van der Waals surface area contributed by atoms with Gasteiger partial charge in [-0.1, -0.05) is 5.16 Å². The fourth-order valence-electron chi connectivity index (χ4n) is 2.54. The lowest BCUT2D eigenvalue weighted by molar-refractivity contribution is -0.146. The van der Waals surface area contributed by atoms with Crippen LogP contribution in [0, 0.1) is 0 Å². The number of likely N-dealkylation sites (N-methyl/N-ethyl adjacent to an activating group) is 1. The number of halogens is 3. The summed E-state index contributed by atoms with van der Waals surface area (Å²) in [5.41, 5.74) is -0.274. The fraction of sp³-hybridized carbons (Fsp3) is 0.700. The van der Waals surface area contributed by atoms with Crippen molar-refractivity contribution in [3.8, 4) is 0 Å². The Kier molecular flexibility index (Phi) is 2.68. The number of aromatic nitrogens is 2. The highest BCUT2D eigenvalue weighted by molar-refractivity contribution is 5.78. The van der Waals surface area contributed by atoms with E-state index in [2.05, 4.69) is 20.0 Å². The minimum Gasteiger partial charge on any atom is -0.338 e. The Hall–Kier alpha value is -1.84. The molecule has 0 unspecified atom stereocenters. The van der Waals surface area contributed by atoms with E-state index in [4.69, 9.17) is 0 Å². The molecule has 2 amide bonds. The molecular formula is C10H12F3N5O2. The summed E-state index contributed by atoms with van der Waals surface area (Å²) in [5, 5.41) is 5.63. The third-order valence-corrected chi connectivity index (χ3v) is 3.70. The smallest absolute Gasteiger partial charge is 0.338 e. The number of amides is 2.